The summed E-state index contributed by atoms with van der Waals surface area (Å²) in [5.74, 6) is 1.75. The number of rotatable bonds is 8. The number of hydrogen-bond donors (Lipinski definition) is 1. The van der Waals surface area contributed by atoms with Gasteiger partial charge < -0.3 is 28.7 Å². The van der Waals surface area contributed by atoms with Crippen LogP contribution in [-0.4, -0.2) is 36.6 Å². The quantitative estimate of drug-likeness (QED) is 0.428. The molecule has 0 bridgehead atoms. The van der Waals surface area contributed by atoms with Gasteiger partial charge in [0.05, 0.1) is 27.0 Å². The first-order valence-corrected chi connectivity index (χ1v) is 10.3. The highest BCUT2D eigenvalue weighted by Crippen LogP contribution is 2.40. The van der Waals surface area contributed by atoms with Gasteiger partial charge in [-0.25, -0.2) is 4.98 Å². The lowest BCUT2D eigenvalue weighted by atomic mass is 10.2. The molecule has 4 aromatic rings. The molecule has 0 aliphatic carbocycles. The molecule has 0 unspecified atom stereocenters. The van der Waals surface area contributed by atoms with Gasteiger partial charge in [-0.1, -0.05) is 6.07 Å². The molecule has 8 nitrogen and oxygen atoms in total. The molecule has 0 saturated carbocycles. The van der Waals surface area contributed by atoms with Crippen molar-refractivity contribution < 1.29 is 23.7 Å². The first-order chi connectivity index (χ1) is 16.0. The summed E-state index contributed by atoms with van der Waals surface area (Å²) in [4.78, 5) is 17.3. The fourth-order valence-corrected chi connectivity index (χ4v) is 3.44. The molecule has 0 spiro atoms. The second kappa shape index (κ2) is 9.52. The molecule has 0 atom stereocenters. The van der Waals surface area contributed by atoms with Crippen molar-refractivity contribution in [2.75, 3.05) is 26.6 Å². The Morgan fingerprint density at radius 3 is 2.27 bits per heavy atom. The highest BCUT2D eigenvalue weighted by Gasteiger charge is 2.15. The average Bonchev–Trinajstić information content (AvgIpc) is 3.24. The maximum atomic E-state index is 12.7. The van der Waals surface area contributed by atoms with E-state index >= 15 is 0 Å². The van der Waals surface area contributed by atoms with Crippen molar-refractivity contribution in [3.63, 3.8) is 0 Å². The highest BCUT2D eigenvalue weighted by molar-refractivity contribution is 6.04. The minimum absolute atomic E-state index is 0.272. The van der Waals surface area contributed by atoms with Crippen molar-refractivity contribution in [3.8, 4) is 23.0 Å². The topological polar surface area (TPSA) is 83.3 Å². The van der Waals surface area contributed by atoms with Gasteiger partial charge in [0, 0.05) is 35.8 Å². The predicted molar refractivity (Wildman–Crippen MR) is 125 cm³/mol. The summed E-state index contributed by atoms with van der Waals surface area (Å²) >= 11 is 0. The molecule has 2 heterocycles. The van der Waals surface area contributed by atoms with E-state index in [0.29, 0.717) is 40.9 Å². The van der Waals surface area contributed by atoms with Gasteiger partial charge in [0.25, 0.3) is 5.91 Å². The Bertz CT molecular complexity index is 1260. The molecule has 0 radical (unpaired) electrons. The van der Waals surface area contributed by atoms with E-state index in [9.17, 15) is 4.79 Å². The Kier molecular flexibility index (Phi) is 6.35. The van der Waals surface area contributed by atoms with E-state index in [1.807, 2.05) is 35.9 Å². The van der Waals surface area contributed by atoms with Gasteiger partial charge in [-0.05, 0) is 42.8 Å². The molecular weight excluding hydrogens is 422 g/mol. The number of nitrogens with one attached hydrogen (secondary N) is 1. The van der Waals surface area contributed by atoms with Crippen LogP contribution in [0.3, 0.4) is 0 Å². The molecule has 4 rings (SSSR count). The van der Waals surface area contributed by atoms with Gasteiger partial charge in [-0.3, -0.25) is 4.79 Å². The first kappa shape index (κ1) is 22.0. The van der Waals surface area contributed by atoms with Gasteiger partial charge in [0.1, 0.15) is 18.0 Å². The number of methoxy groups -OCH3 is 3. The zero-order chi connectivity index (χ0) is 23.4. The Morgan fingerprint density at radius 1 is 0.939 bits per heavy atom. The van der Waals surface area contributed by atoms with Crippen molar-refractivity contribution in [1.82, 2.24) is 9.38 Å². The molecule has 1 amide bonds. The number of pyridine rings is 1. The Hall–Kier alpha value is -4.20. The van der Waals surface area contributed by atoms with Crippen molar-refractivity contribution >= 4 is 17.2 Å². The lowest BCUT2D eigenvalue weighted by molar-refractivity contribution is 0.102. The van der Waals surface area contributed by atoms with Crippen molar-refractivity contribution in [1.29, 1.82) is 0 Å². The number of aryl methyl sites for hydroxylation is 1. The number of amides is 1. The van der Waals surface area contributed by atoms with Crippen LogP contribution in [0.1, 0.15) is 21.6 Å². The van der Waals surface area contributed by atoms with Gasteiger partial charge in [-0.15, -0.1) is 0 Å². The van der Waals surface area contributed by atoms with E-state index in [1.165, 1.54) is 21.3 Å². The van der Waals surface area contributed by atoms with Gasteiger partial charge in [0.2, 0.25) is 5.75 Å². The molecule has 0 aliphatic rings. The minimum atomic E-state index is -0.272. The molecule has 0 fully saturated rings. The van der Waals surface area contributed by atoms with E-state index < -0.39 is 0 Å². The molecular formula is C25H25N3O5. The van der Waals surface area contributed by atoms with Gasteiger partial charge in [0.15, 0.2) is 11.5 Å². The third-order valence-corrected chi connectivity index (χ3v) is 5.07. The Labute approximate surface area is 191 Å². The number of imidazole rings is 1. The largest absolute Gasteiger partial charge is 0.493 e. The summed E-state index contributed by atoms with van der Waals surface area (Å²) in [5, 5.41) is 2.85. The number of benzene rings is 2. The number of carbonyl (C=O) groups excluding carboxylic acids is 1. The fourth-order valence-electron chi connectivity index (χ4n) is 3.44. The number of hydrogen-bond acceptors (Lipinski definition) is 6. The van der Waals surface area contributed by atoms with E-state index in [1.54, 1.807) is 36.4 Å². The molecule has 170 valence electrons. The number of fused-ring (bicyclic) bond motifs is 1. The normalized spacial score (nSPS) is 10.7. The number of carbonyl (C=O) groups is 1. The van der Waals surface area contributed by atoms with E-state index in [2.05, 4.69) is 10.3 Å². The van der Waals surface area contributed by atoms with Crippen LogP contribution in [0.4, 0.5) is 5.69 Å². The van der Waals surface area contributed by atoms with Crippen LogP contribution in [-0.2, 0) is 6.61 Å². The van der Waals surface area contributed by atoms with Gasteiger partial charge >= 0.3 is 0 Å². The van der Waals surface area contributed by atoms with Gasteiger partial charge in [-0.2, -0.15) is 0 Å². The SMILES string of the molecule is COc1cc(NC(=O)c2ccc(OCc3cn4cc(C)ccc4n3)cc2)cc(OC)c1OC. The number of aromatic nitrogens is 2. The van der Waals surface area contributed by atoms with Crippen LogP contribution in [0.5, 0.6) is 23.0 Å². The van der Waals surface area contributed by atoms with Crippen LogP contribution in [0.2, 0.25) is 0 Å². The predicted octanol–water partition coefficient (Wildman–Crippen LogP) is 4.50. The summed E-state index contributed by atoms with van der Waals surface area (Å²) < 4.78 is 23.8. The van der Waals surface area contributed by atoms with Crippen LogP contribution in [0, 0.1) is 6.92 Å². The second-order valence-electron chi connectivity index (χ2n) is 7.39. The van der Waals surface area contributed by atoms with Crippen molar-refractivity contribution in [2.45, 2.75) is 13.5 Å². The van der Waals surface area contributed by atoms with Crippen molar-refractivity contribution in [3.05, 3.63) is 77.7 Å². The third-order valence-electron chi connectivity index (χ3n) is 5.07. The van der Waals surface area contributed by atoms with Crippen LogP contribution in [0.15, 0.2) is 60.9 Å². The average molecular weight is 447 g/mol. The number of anilines is 1. The smallest absolute Gasteiger partial charge is 0.255 e. The van der Waals surface area contributed by atoms with Crippen molar-refractivity contribution in [2.24, 2.45) is 0 Å². The number of ether oxygens (including phenoxy) is 4. The molecule has 2 aromatic heterocycles. The van der Waals surface area contributed by atoms with Crippen LogP contribution in [0.25, 0.3) is 5.65 Å². The van der Waals surface area contributed by atoms with Crippen LogP contribution < -0.4 is 24.3 Å². The summed E-state index contributed by atoms with van der Waals surface area (Å²) in [5.41, 5.74) is 3.87. The molecule has 33 heavy (non-hydrogen) atoms. The molecule has 0 saturated heterocycles. The summed E-state index contributed by atoms with van der Waals surface area (Å²) in [6.07, 6.45) is 3.97. The molecule has 0 aliphatic heterocycles. The second-order valence-corrected chi connectivity index (χ2v) is 7.39. The minimum Gasteiger partial charge on any atom is -0.493 e. The summed E-state index contributed by atoms with van der Waals surface area (Å²) in [6, 6.07) is 14.3. The van der Waals surface area contributed by atoms with Crippen LogP contribution >= 0.6 is 0 Å². The monoisotopic (exact) mass is 447 g/mol. The summed E-state index contributed by atoms with van der Waals surface area (Å²) in [6.45, 7) is 2.37. The highest BCUT2D eigenvalue weighted by atomic mass is 16.5. The lowest BCUT2D eigenvalue weighted by Gasteiger charge is -2.14. The number of nitrogens with zero attached hydrogens (tertiary/aromatic N) is 2. The Balaban J connectivity index is 1.41. The fraction of sp³-hybridized carbons (Fsp3) is 0.200. The lowest BCUT2D eigenvalue weighted by Crippen LogP contribution is -2.12. The summed E-state index contributed by atoms with van der Waals surface area (Å²) in [7, 11) is 4.57. The maximum absolute atomic E-state index is 12.7. The molecule has 2 aromatic carbocycles. The van der Waals surface area contributed by atoms with E-state index in [4.69, 9.17) is 18.9 Å². The first-order valence-electron chi connectivity index (χ1n) is 10.3. The van der Waals surface area contributed by atoms with E-state index in [0.717, 1.165) is 16.9 Å². The molecule has 8 heteroatoms. The standard InChI is InChI=1S/C25H25N3O5/c1-16-5-10-23-26-19(14-28(23)13-16)15-33-20-8-6-17(7-9-20)25(29)27-18-11-21(30-2)24(32-4)22(12-18)31-3/h5-14H,15H2,1-4H3,(H,27,29). The van der Waals surface area contributed by atoms with E-state index in [-0.39, 0.29) is 5.91 Å². The Morgan fingerprint density at radius 2 is 1.64 bits per heavy atom. The third kappa shape index (κ3) is 4.85. The maximum Gasteiger partial charge on any atom is 0.255 e. The zero-order valence-corrected chi connectivity index (χ0v) is 18.9. The molecule has 1 N–H and O–H groups in total. The zero-order valence-electron chi connectivity index (χ0n) is 18.9.